The number of nitrogens with zero attached hydrogens (tertiary/aromatic N) is 4. The van der Waals surface area contributed by atoms with E-state index < -0.39 is 8.53 Å². The van der Waals surface area contributed by atoms with Crippen LogP contribution in [0, 0.1) is 0 Å². The van der Waals surface area contributed by atoms with Crippen LogP contribution in [-0.2, 0) is 9.26 Å². The Bertz CT molecular complexity index is 1270. The number of anilines is 1. The highest BCUT2D eigenvalue weighted by Crippen LogP contribution is 2.40. The molecule has 0 bridgehead atoms. The predicted octanol–water partition coefficient (Wildman–Crippen LogP) is 4.82. The summed E-state index contributed by atoms with van der Waals surface area (Å²) in [4.78, 5) is 12.6. The zero-order chi connectivity index (χ0) is 22.8. The van der Waals surface area contributed by atoms with Crippen molar-refractivity contribution < 1.29 is 13.8 Å². The summed E-state index contributed by atoms with van der Waals surface area (Å²) < 4.78 is 20.3. The van der Waals surface area contributed by atoms with Crippen LogP contribution in [-0.4, -0.2) is 38.8 Å². The van der Waals surface area contributed by atoms with Crippen LogP contribution in [0.3, 0.4) is 0 Å². The maximum atomic E-state index is 6.36. The van der Waals surface area contributed by atoms with Crippen molar-refractivity contribution in [2.75, 3.05) is 18.9 Å². The molecule has 172 valence electrons. The second-order valence-corrected chi connectivity index (χ2v) is 9.21. The molecule has 1 saturated heterocycles. The zero-order valence-electron chi connectivity index (χ0n) is 18.0. The Balaban J connectivity index is 1.25. The fourth-order valence-electron chi connectivity index (χ4n) is 3.90. The molecule has 1 fully saturated rings. The summed E-state index contributed by atoms with van der Waals surface area (Å²) >= 11 is 6.36. The highest BCUT2D eigenvalue weighted by molar-refractivity contribution is 7.45. The molecule has 3 unspecified atom stereocenters. The van der Waals surface area contributed by atoms with Crippen LogP contribution in [0.1, 0.15) is 26.0 Å². The molecule has 0 saturated carbocycles. The van der Waals surface area contributed by atoms with Gasteiger partial charge in [-0.3, -0.25) is 4.57 Å². The van der Waals surface area contributed by atoms with E-state index in [0.717, 1.165) is 35.9 Å². The first-order chi connectivity index (χ1) is 16.1. The minimum Gasteiger partial charge on any atom is -0.435 e. The maximum absolute atomic E-state index is 6.36. The van der Waals surface area contributed by atoms with Crippen molar-refractivity contribution in [1.29, 1.82) is 0 Å². The average Bonchev–Trinajstić information content (AvgIpc) is 3.42. The van der Waals surface area contributed by atoms with Crippen molar-refractivity contribution in [2.45, 2.75) is 32.1 Å². The average molecular weight is 487 g/mol. The van der Waals surface area contributed by atoms with E-state index in [1.807, 2.05) is 37.3 Å². The van der Waals surface area contributed by atoms with Gasteiger partial charge in [0.1, 0.15) is 18.3 Å². The topological polar surface area (TPSA) is 109 Å². The number of fused-ring (bicyclic) bond motifs is 2. The van der Waals surface area contributed by atoms with Gasteiger partial charge in [-0.2, -0.15) is 0 Å². The van der Waals surface area contributed by atoms with E-state index in [1.165, 1.54) is 6.33 Å². The smallest absolute Gasteiger partial charge is 0.318 e. The van der Waals surface area contributed by atoms with Crippen LogP contribution in [0.2, 0.25) is 5.28 Å². The molecule has 2 aromatic heterocycles. The molecule has 2 aromatic carbocycles. The van der Waals surface area contributed by atoms with Crippen LogP contribution in [0.15, 0.2) is 48.8 Å². The second kappa shape index (κ2) is 9.75. The summed E-state index contributed by atoms with van der Waals surface area (Å²) in [7, 11) is -1.34. The summed E-state index contributed by atoms with van der Waals surface area (Å²) in [6.45, 7) is 3.14. The summed E-state index contributed by atoms with van der Waals surface area (Å²) in [5.41, 5.74) is 6.95. The summed E-state index contributed by atoms with van der Waals surface area (Å²) in [6.07, 6.45) is 2.56. The van der Waals surface area contributed by atoms with E-state index in [0.29, 0.717) is 23.6 Å². The molecule has 3 heterocycles. The van der Waals surface area contributed by atoms with E-state index in [4.69, 9.17) is 31.1 Å². The molecule has 3 N–H and O–H groups in total. The number of aromatic nitrogens is 4. The minimum atomic E-state index is -1.34. The number of hydrogen-bond donors (Lipinski definition) is 2. The number of rotatable bonds is 8. The number of nitrogen functional groups attached to an aromatic ring is 1. The Morgan fingerprint density at radius 1 is 1.21 bits per heavy atom. The third-order valence-electron chi connectivity index (χ3n) is 5.43. The Morgan fingerprint density at radius 3 is 2.94 bits per heavy atom. The molecule has 0 radical (unpaired) electrons. The monoisotopic (exact) mass is 486 g/mol. The van der Waals surface area contributed by atoms with Gasteiger partial charge in [0, 0.05) is 11.9 Å². The van der Waals surface area contributed by atoms with E-state index in [2.05, 4.69) is 32.2 Å². The number of ether oxygens (including phenoxy) is 1. The SMILES string of the molecule is CCNP(OCC1CCC(n2c(Cl)nc3c(N)ncnc32)O1)Oc1cccc2ccccc12. The van der Waals surface area contributed by atoms with Gasteiger partial charge in [-0.05, 0) is 35.9 Å². The van der Waals surface area contributed by atoms with Crippen molar-refractivity contribution in [3.63, 3.8) is 0 Å². The number of imidazole rings is 1. The molecular weight excluding hydrogens is 463 g/mol. The number of nitrogens with one attached hydrogen (secondary N) is 1. The highest BCUT2D eigenvalue weighted by atomic mass is 35.5. The Kier molecular flexibility index (Phi) is 6.57. The van der Waals surface area contributed by atoms with Gasteiger partial charge in [-0.15, -0.1) is 0 Å². The summed E-state index contributed by atoms with van der Waals surface area (Å²) in [5, 5.41) is 5.74. The molecule has 0 spiro atoms. The second-order valence-electron chi connectivity index (χ2n) is 7.61. The molecule has 0 aliphatic carbocycles. The quantitative estimate of drug-likeness (QED) is 0.269. The lowest BCUT2D eigenvalue weighted by molar-refractivity contribution is -0.0155. The number of nitrogens with two attached hydrogens (primary N) is 1. The van der Waals surface area contributed by atoms with Gasteiger partial charge in [0.05, 0.1) is 12.7 Å². The van der Waals surface area contributed by atoms with Crippen LogP contribution < -0.4 is 15.3 Å². The molecule has 0 amide bonds. The van der Waals surface area contributed by atoms with E-state index in [9.17, 15) is 0 Å². The standard InChI is InChI=1S/C22H24ClN6O3P/c1-2-27-33(32-17-9-5-7-14-6-3-4-8-16(14)17)30-12-15-10-11-18(31-15)29-21-19(28-22(29)23)20(24)25-13-26-21/h3-9,13,15,18,27H,2,10-12H2,1H3,(H2,24,25,26). The molecule has 3 atom stereocenters. The van der Waals surface area contributed by atoms with Gasteiger partial charge in [0.2, 0.25) is 5.28 Å². The Hall–Kier alpha value is -2.55. The Labute approximate surface area is 197 Å². The first-order valence-corrected chi connectivity index (χ1v) is 12.3. The lowest BCUT2D eigenvalue weighted by atomic mass is 10.1. The molecule has 5 rings (SSSR count). The number of benzene rings is 2. The van der Waals surface area contributed by atoms with Crippen molar-refractivity contribution >= 4 is 47.9 Å². The van der Waals surface area contributed by atoms with Crippen LogP contribution in [0.5, 0.6) is 5.75 Å². The number of halogens is 1. The van der Waals surface area contributed by atoms with Gasteiger partial charge in [0.15, 0.2) is 17.0 Å². The summed E-state index contributed by atoms with van der Waals surface area (Å²) in [5.74, 6) is 1.08. The van der Waals surface area contributed by atoms with Crippen LogP contribution >= 0.6 is 20.1 Å². The van der Waals surface area contributed by atoms with Gasteiger partial charge < -0.3 is 19.5 Å². The lowest BCUT2D eigenvalue weighted by Crippen LogP contribution is -2.19. The Morgan fingerprint density at radius 2 is 2.06 bits per heavy atom. The molecule has 4 aromatic rings. The predicted molar refractivity (Wildman–Crippen MR) is 129 cm³/mol. The van der Waals surface area contributed by atoms with Gasteiger partial charge in [0.25, 0.3) is 0 Å². The zero-order valence-corrected chi connectivity index (χ0v) is 19.7. The maximum Gasteiger partial charge on any atom is 0.318 e. The first kappa shape index (κ1) is 22.3. The minimum absolute atomic E-state index is 0.109. The molecule has 33 heavy (non-hydrogen) atoms. The van der Waals surface area contributed by atoms with Crippen molar-refractivity contribution in [3.8, 4) is 5.75 Å². The van der Waals surface area contributed by atoms with E-state index >= 15 is 0 Å². The van der Waals surface area contributed by atoms with Gasteiger partial charge in [-0.25, -0.2) is 20.0 Å². The van der Waals surface area contributed by atoms with Crippen molar-refractivity contribution in [3.05, 3.63) is 54.1 Å². The third-order valence-corrected chi connectivity index (χ3v) is 7.02. The van der Waals surface area contributed by atoms with Crippen LogP contribution in [0.4, 0.5) is 5.82 Å². The van der Waals surface area contributed by atoms with Crippen LogP contribution in [0.25, 0.3) is 21.9 Å². The van der Waals surface area contributed by atoms with Crippen molar-refractivity contribution in [1.82, 2.24) is 24.6 Å². The molecule has 11 heteroatoms. The normalized spacial score (nSPS) is 19.3. The lowest BCUT2D eigenvalue weighted by Gasteiger charge is -2.21. The highest BCUT2D eigenvalue weighted by Gasteiger charge is 2.31. The molecular formula is C22H24ClN6O3P. The van der Waals surface area contributed by atoms with Gasteiger partial charge in [-0.1, -0.05) is 43.3 Å². The first-order valence-electron chi connectivity index (χ1n) is 10.8. The summed E-state index contributed by atoms with van der Waals surface area (Å²) in [6, 6.07) is 14.1. The van der Waals surface area contributed by atoms with E-state index in [1.54, 1.807) is 4.57 Å². The van der Waals surface area contributed by atoms with E-state index in [-0.39, 0.29) is 17.6 Å². The number of hydrogen-bond acceptors (Lipinski definition) is 8. The fourth-order valence-corrected chi connectivity index (χ4v) is 5.28. The fraction of sp³-hybridized carbons (Fsp3) is 0.318. The largest absolute Gasteiger partial charge is 0.435 e. The molecule has 9 nitrogen and oxygen atoms in total. The van der Waals surface area contributed by atoms with Crippen molar-refractivity contribution in [2.24, 2.45) is 0 Å². The molecule has 1 aliphatic rings. The third kappa shape index (κ3) is 4.60. The van der Waals surface area contributed by atoms with Gasteiger partial charge >= 0.3 is 8.53 Å². The molecule has 1 aliphatic heterocycles.